The number of carbonyl (C=O) groups excluding carboxylic acids is 1. The summed E-state index contributed by atoms with van der Waals surface area (Å²) in [4.78, 5) is 16.9. The van der Waals surface area contributed by atoms with Gasteiger partial charge in [-0.05, 0) is 31.0 Å². The lowest BCUT2D eigenvalue weighted by Crippen LogP contribution is -2.33. The maximum Gasteiger partial charge on any atom is 0.227 e. The van der Waals surface area contributed by atoms with Gasteiger partial charge in [-0.2, -0.15) is 0 Å². The molecule has 0 saturated carbocycles. The molecule has 1 atom stereocenters. The summed E-state index contributed by atoms with van der Waals surface area (Å²) in [5, 5.41) is 3.08. The molecule has 128 valence electrons. The third-order valence-electron chi connectivity index (χ3n) is 4.68. The summed E-state index contributed by atoms with van der Waals surface area (Å²) in [6, 6.07) is 15.9. The average molecular weight is 335 g/mol. The first-order chi connectivity index (χ1) is 12.3. The Morgan fingerprint density at radius 2 is 2.04 bits per heavy atom. The van der Waals surface area contributed by atoms with Crippen LogP contribution in [-0.2, 0) is 11.3 Å². The van der Waals surface area contributed by atoms with Crippen molar-refractivity contribution in [1.29, 1.82) is 0 Å². The third-order valence-corrected chi connectivity index (χ3v) is 4.68. The third kappa shape index (κ3) is 3.22. The van der Waals surface area contributed by atoms with Gasteiger partial charge >= 0.3 is 0 Å². The first-order valence-corrected chi connectivity index (χ1v) is 8.72. The molecule has 1 N–H and O–H groups in total. The van der Waals surface area contributed by atoms with Crippen LogP contribution in [0.15, 0.2) is 54.9 Å². The lowest BCUT2D eigenvalue weighted by Gasteiger charge is -2.25. The van der Waals surface area contributed by atoms with Gasteiger partial charge in [0.1, 0.15) is 5.75 Å². The number of carbonyl (C=O) groups is 1. The minimum absolute atomic E-state index is 0.0891. The summed E-state index contributed by atoms with van der Waals surface area (Å²) in [7, 11) is 0. The van der Waals surface area contributed by atoms with E-state index in [0.717, 1.165) is 41.7 Å². The fourth-order valence-electron chi connectivity index (χ4n) is 3.39. The molecule has 1 aromatic heterocycles. The zero-order valence-corrected chi connectivity index (χ0v) is 14.0. The molecule has 0 fully saturated rings. The molecule has 0 radical (unpaired) electrons. The van der Waals surface area contributed by atoms with E-state index in [2.05, 4.69) is 20.9 Å². The molecule has 3 aromatic rings. The Labute approximate surface area is 146 Å². The van der Waals surface area contributed by atoms with Crippen LogP contribution < -0.4 is 10.1 Å². The topological polar surface area (TPSA) is 56.2 Å². The first-order valence-electron chi connectivity index (χ1n) is 8.72. The monoisotopic (exact) mass is 335 g/mol. The van der Waals surface area contributed by atoms with Gasteiger partial charge in [-0.1, -0.05) is 30.3 Å². The van der Waals surface area contributed by atoms with Crippen LogP contribution in [-0.4, -0.2) is 28.6 Å². The molecule has 2 heterocycles. The fourth-order valence-corrected chi connectivity index (χ4v) is 3.39. The summed E-state index contributed by atoms with van der Waals surface area (Å²) in [6.07, 6.45) is 3.47. The van der Waals surface area contributed by atoms with Crippen LogP contribution in [0.25, 0.3) is 11.0 Å². The molecule has 1 aliphatic heterocycles. The van der Waals surface area contributed by atoms with E-state index in [1.165, 1.54) is 0 Å². The normalized spacial score (nSPS) is 16.2. The van der Waals surface area contributed by atoms with Crippen LogP contribution in [0.1, 0.15) is 24.3 Å². The second-order valence-corrected chi connectivity index (χ2v) is 6.30. The van der Waals surface area contributed by atoms with E-state index >= 15 is 0 Å². The molecule has 0 unspecified atom stereocenters. The maximum absolute atomic E-state index is 12.5. The van der Waals surface area contributed by atoms with Crippen molar-refractivity contribution in [3.63, 3.8) is 0 Å². The Hall–Kier alpha value is -2.82. The summed E-state index contributed by atoms with van der Waals surface area (Å²) in [5.41, 5.74) is 3.13. The average Bonchev–Trinajstić information content (AvgIpc) is 3.08. The van der Waals surface area contributed by atoms with Crippen molar-refractivity contribution in [2.75, 3.05) is 13.2 Å². The number of hydrogen-bond acceptors (Lipinski definition) is 3. The number of fused-ring (bicyclic) bond motifs is 2. The van der Waals surface area contributed by atoms with Crippen LogP contribution in [0.5, 0.6) is 5.75 Å². The van der Waals surface area contributed by atoms with Crippen LogP contribution >= 0.6 is 0 Å². The highest BCUT2D eigenvalue weighted by molar-refractivity contribution is 5.84. The van der Waals surface area contributed by atoms with E-state index in [4.69, 9.17) is 4.74 Å². The highest BCUT2D eigenvalue weighted by Gasteiger charge is 2.26. The Bertz CT molecular complexity index is 887. The second kappa shape index (κ2) is 6.97. The van der Waals surface area contributed by atoms with Crippen molar-refractivity contribution >= 4 is 16.9 Å². The number of nitrogens with zero attached hydrogens (tertiary/aromatic N) is 2. The molecule has 0 aliphatic carbocycles. The van der Waals surface area contributed by atoms with Gasteiger partial charge in [-0.15, -0.1) is 0 Å². The summed E-state index contributed by atoms with van der Waals surface area (Å²) in [5.74, 6) is 0.809. The number of benzene rings is 2. The predicted octanol–water partition coefficient (Wildman–Crippen LogP) is 3.11. The van der Waals surface area contributed by atoms with Gasteiger partial charge in [0.05, 0.1) is 29.9 Å². The molecule has 1 aliphatic rings. The number of hydrogen-bond donors (Lipinski definition) is 1. The molecule has 5 heteroatoms. The lowest BCUT2D eigenvalue weighted by molar-refractivity contribution is -0.123. The molecule has 25 heavy (non-hydrogen) atoms. The van der Waals surface area contributed by atoms with Crippen molar-refractivity contribution in [3.05, 3.63) is 60.4 Å². The minimum atomic E-state index is -0.112. The quantitative estimate of drug-likeness (QED) is 0.729. The number of amides is 1. The van der Waals surface area contributed by atoms with Crippen LogP contribution in [0.2, 0.25) is 0 Å². The SMILES string of the molecule is O=C(NCCCn1cnc2ccccc21)[C@@H]1CCOc2ccccc21. The van der Waals surface area contributed by atoms with Crippen molar-refractivity contribution in [3.8, 4) is 5.75 Å². The van der Waals surface area contributed by atoms with E-state index in [9.17, 15) is 4.79 Å². The van der Waals surface area contributed by atoms with Gasteiger partial charge in [0.2, 0.25) is 5.91 Å². The molecule has 2 aromatic carbocycles. The Morgan fingerprint density at radius 1 is 1.20 bits per heavy atom. The largest absolute Gasteiger partial charge is 0.493 e. The van der Waals surface area contributed by atoms with Gasteiger partial charge in [-0.3, -0.25) is 4.79 Å². The van der Waals surface area contributed by atoms with Crippen LogP contribution in [0.3, 0.4) is 0 Å². The number of nitrogens with one attached hydrogen (secondary N) is 1. The van der Waals surface area contributed by atoms with Crippen LogP contribution in [0, 0.1) is 0 Å². The van der Waals surface area contributed by atoms with Gasteiger partial charge in [0.15, 0.2) is 0 Å². The number of para-hydroxylation sites is 3. The predicted molar refractivity (Wildman–Crippen MR) is 96.7 cm³/mol. The molecule has 4 rings (SSSR count). The Balaban J connectivity index is 1.33. The van der Waals surface area contributed by atoms with Gasteiger partial charge in [-0.25, -0.2) is 4.98 Å². The smallest absolute Gasteiger partial charge is 0.227 e. The number of ether oxygens (including phenoxy) is 1. The summed E-state index contributed by atoms with van der Waals surface area (Å²) in [6.45, 7) is 2.09. The van der Waals surface area contributed by atoms with Gasteiger partial charge in [0, 0.05) is 18.7 Å². The number of imidazole rings is 1. The molecule has 0 spiro atoms. The lowest BCUT2D eigenvalue weighted by atomic mass is 9.92. The molecule has 0 saturated heterocycles. The van der Waals surface area contributed by atoms with E-state index < -0.39 is 0 Å². The van der Waals surface area contributed by atoms with E-state index in [1.807, 2.05) is 48.8 Å². The zero-order chi connectivity index (χ0) is 17.1. The fraction of sp³-hybridized carbons (Fsp3) is 0.300. The molecular weight excluding hydrogens is 314 g/mol. The highest BCUT2D eigenvalue weighted by Crippen LogP contribution is 2.33. The van der Waals surface area contributed by atoms with E-state index in [-0.39, 0.29) is 11.8 Å². The highest BCUT2D eigenvalue weighted by atomic mass is 16.5. The first kappa shape index (κ1) is 15.7. The second-order valence-electron chi connectivity index (χ2n) is 6.30. The van der Waals surface area contributed by atoms with Crippen LogP contribution in [0.4, 0.5) is 0 Å². The van der Waals surface area contributed by atoms with Crippen molar-refractivity contribution in [2.24, 2.45) is 0 Å². The molecule has 5 nitrogen and oxygen atoms in total. The van der Waals surface area contributed by atoms with E-state index in [1.54, 1.807) is 0 Å². The molecule has 0 bridgehead atoms. The maximum atomic E-state index is 12.5. The number of aryl methyl sites for hydroxylation is 1. The number of aromatic nitrogens is 2. The Kier molecular flexibility index (Phi) is 4.37. The summed E-state index contributed by atoms with van der Waals surface area (Å²) >= 11 is 0. The Morgan fingerprint density at radius 3 is 3.00 bits per heavy atom. The van der Waals surface area contributed by atoms with Crippen molar-refractivity contribution in [2.45, 2.75) is 25.3 Å². The molecular formula is C20H21N3O2. The van der Waals surface area contributed by atoms with Gasteiger partial charge in [0.25, 0.3) is 0 Å². The van der Waals surface area contributed by atoms with Crippen molar-refractivity contribution < 1.29 is 9.53 Å². The minimum Gasteiger partial charge on any atom is -0.493 e. The van der Waals surface area contributed by atoms with Crippen molar-refractivity contribution in [1.82, 2.24) is 14.9 Å². The summed E-state index contributed by atoms with van der Waals surface area (Å²) < 4.78 is 7.76. The standard InChI is InChI=1S/C20H21N3O2/c24-20(16-10-13-25-19-9-4-1-6-15(16)19)21-11-5-12-23-14-22-17-7-2-3-8-18(17)23/h1-4,6-9,14,16H,5,10-13H2,(H,21,24)/t16-/m1/s1. The number of rotatable bonds is 5. The molecule has 1 amide bonds. The van der Waals surface area contributed by atoms with E-state index in [0.29, 0.717) is 13.2 Å². The van der Waals surface area contributed by atoms with Gasteiger partial charge < -0.3 is 14.6 Å². The zero-order valence-electron chi connectivity index (χ0n) is 14.0.